The van der Waals surface area contributed by atoms with Gasteiger partial charge in [-0.1, -0.05) is 6.07 Å². The molecular formula is C20H22N2O5S. The Morgan fingerprint density at radius 2 is 2.07 bits per heavy atom. The predicted octanol–water partition coefficient (Wildman–Crippen LogP) is 1.99. The topological polar surface area (TPSA) is 81.1 Å². The molecule has 1 amide bonds. The highest BCUT2D eigenvalue weighted by molar-refractivity contribution is 8.00. The number of carbonyl (C=O) groups is 1. The first-order chi connectivity index (χ1) is 13.7. The molecule has 0 spiro atoms. The van der Waals surface area contributed by atoms with Crippen LogP contribution >= 0.6 is 11.8 Å². The molecule has 1 saturated heterocycles. The maximum absolute atomic E-state index is 12.5. The third kappa shape index (κ3) is 4.34. The van der Waals surface area contributed by atoms with Gasteiger partial charge in [-0.15, -0.1) is 11.8 Å². The lowest BCUT2D eigenvalue weighted by Gasteiger charge is -2.36. The average Bonchev–Trinajstić information content (AvgIpc) is 2.74. The van der Waals surface area contributed by atoms with Crippen LogP contribution in [0.15, 0.2) is 47.6 Å². The molecule has 1 aromatic heterocycles. The number of para-hydroxylation sites is 1. The van der Waals surface area contributed by atoms with Gasteiger partial charge in [0.05, 0.1) is 12.3 Å². The summed E-state index contributed by atoms with van der Waals surface area (Å²) >= 11 is 1.47. The molecule has 1 fully saturated rings. The second kappa shape index (κ2) is 8.70. The van der Waals surface area contributed by atoms with Gasteiger partial charge in [0.25, 0.3) is 0 Å². The Kier molecular flexibility index (Phi) is 5.87. The second-order valence-electron chi connectivity index (χ2n) is 6.60. The van der Waals surface area contributed by atoms with E-state index in [0.29, 0.717) is 49.2 Å². The van der Waals surface area contributed by atoms with E-state index in [1.165, 1.54) is 11.8 Å². The molecule has 2 atom stereocenters. The van der Waals surface area contributed by atoms with Crippen LogP contribution in [0.1, 0.15) is 6.42 Å². The maximum atomic E-state index is 12.5. The molecule has 0 aliphatic carbocycles. The van der Waals surface area contributed by atoms with E-state index in [-0.39, 0.29) is 12.5 Å². The molecule has 0 saturated carbocycles. The zero-order chi connectivity index (χ0) is 19.3. The number of carbonyl (C=O) groups excluding carboxylic acids is 1. The van der Waals surface area contributed by atoms with E-state index in [4.69, 9.17) is 14.2 Å². The van der Waals surface area contributed by atoms with Crippen LogP contribution in [-0.2, 0) is 4.79 Å². The zero-order valence-corrected chi connectivity index (χ0v) is 16.1. The van der Waals surface area contributed by atoms with E-state index in [2.05, 4.69) is 4.98 Å². The van der Waals surface area contributed by atoms with E-state index < -0.39 is 12.2 Å². The normalized spacial score (nSPS) is 21.2. The van der Waals surface area contributed by atoms with Gasteiger partial charge < -0.3 is 24.2 Å². The number of fused-ring (bicyclic) bond motifs is 1. The molecule has 2 aliphatic heterocycles. The van der Waals surface area contributed by atoms with Crippen molar-refractivity contribution in [1.29, 1.82) is 0 Å². The lowest BCUT2D eigenvalue weighted by atomic mass is 10.0. The summed E-state index contributed by atoms with van der Waals surface area (Å²) in [6.45, 7) is 1.78. The fourth-order valence-electron chi connectivity index (χ4n) is 3.25. The third-order valence-corrected chi connectivity index (χ3v) is 5.69. The van der Waals surface area contributed by atoms with Gasteiger partial charge in [-0.25, -0.2) is 0 Å². The Morgan fingerprint density at radius 1 is 1.25 bits per heavy atom. The third-order valence-electron chi connectivity index (χ3n) is 4.69. The first-order valence-electron chi connectivity index (χ1n) is 9.24. The summed E-state index contributed by atoms with van der Waals surface area (Å²) in [5, 5.41) is 10.5. The molecule has 2 aliphatic rings. The number of hydrogen-bond donors (Lipinski definition) is 1. The number of ether oxygens (including phenoxy) is 3. The molecule has 148 valence electrons. The van der Waals surface area contributed by atoms with Crippen molar-refractivity contribution in [1.82, 2.24) is 9.88 Å². The van der Waals surface area contributed by atoms with Crippen molar-refractivity contribution in [2.24, 2.45) is 0 Å². The molecule has 0 unspecified atom stereocenters. The smallest absolute Gasteiger partial charge is 0.233 e. The summed E-state index contributed by atoms with van der Waals surface area (Å²) in [4.78, 5) is 19.1. The molecule has 0 bridgehead atoms. The first kappa shape index (κ1) is 18.9. The van der Waals surface area contributed by atoms with Crippen molar-refractivity contribution in [2.75, 3.05) is 32.1 Å². The van der Waals surface area contributed by atoms with E-state index in [9.17, 15) is 9.90 Å². The standard InChI is InChI=1S/C20H22N2O5S/c23-15-12-22(19(24)13-28-14-4-7-21-8-5-14)9-6-16(15)27-18-3-1-2-17-20(18)26-11-10-25-17/h1-5,7-8,15-16,23H,6,9-13H2/t15-,16-/m1/s1. The number of amides is 1. The fourth-order valence-corrected chi connectivity index (χ4v) is 4.03. The summed E-state index contributed by atoms with van der Waals surface area (Å²) in [5.41, 5.74) is 0. The molecule has 0 radical (unpaired) electrons. The zero-order valence-electron chi connectivity index (χ0n) is 15.3. The number of nitrogens with zero attached hydrogens (tertiary/aromatic N) is 2. The Hall–Kier alpha value is -2.45. The summed E-state index contributed by atoms with van der Waals surface area (Å²) in [6, 6.07) is 9.23. The summed E-state index contributed by atoms with van der Waals surface area (Å²) in [5.74, 6) is 2.13. The van der Waals surface area contributed by atoms with Gasteiger partial charge in [0.1, 0.15) is 25.4 Å². The highest BCUT2D eigenvalue weighted by Crippen LogP contribution is 2.40. The monoisotopic (exact) mass is 402 g/mol. The maximum Gasteiger partial charge on any atom is 0.233 e. The van der Waals surface area contributed by atoms with Crippen LogP contribution < -0.4 is 14.2 Å². The molecule has 1 aromatic carbocycles. The Bertz CT molecular complexity index is 819. The average molecular weight is 402 g/mol. The molecule has 28 heavy (non-hydrogen) atoms. The molecule has 7 nitrogen and oxygen atoms in total. The van der Waals surface area contributed by atoms with E-state index in [0.717, 1.165) is 4.90 Å². The van der Waals surface area contributed by atoms with Gasteiger partial charge in [-0.3, -0.25) is 9.78 Å². The minimum Gasteiger partial charge on any atom is -0.486 e. The highest BCUT2D eigenvalue weighted by Gasteiger charge is 2.32. The predicted molar refractivity (Wildman–Crippen MR) is 104 cm³/mol. The summed E-state index contributed by atoms with van der Waals surface area (Å²) in [6.07, 6.45) is 2.81. The van der Waals surface area contributed by atoms with Crippen molar-refractivity contribution in [3.05, 3.63) is 42.7 Å². The largest absolute Gasteiger partial charge is 0.486 e. The van der Waals surface area contributed by atoms with Crippen molar-refractivity contribution in [2.45, 2.75) is 23.5 Å². The Balaban J connectivity index is 1.32. The summed E-state index contributed by atoms with van der Waals surface area (Å²) < 4.78 is 17.2. The number of hydrogen-bond acceptors (Lipinski definition) is 7. The molecule has 4 rings (SSSR count). The number of benzene rings is 1. The first-order valence-corrected chi connectivity index (χ1v) is 10.2. The molecule has 1 N–H and O–H groups in total. The number of pyridine rings is 1. The number of aromatic nitrogens is 1. The number of aliphatic hydroxyl groups is 1. The van der Waals surface area contributed by atoms with Crippen LogP contribution in [0.25, 0.3) is 0 Å². The van der Waals surface area contributed by atoms with Crippen LogP contribution in [0.4, 0.5) is 0 Å². The van der Waals surface area contributed by atoms with Crippen LogP contribution in [0.3, 0.4) is 0 Å². The highest BCUT2D eigenvalue weighted by atomic mass is 32.2. The molecule has 3 heterocycles. The van der Waals surface area contributed by atoms with Crippen LogP contribution in [0, 0.1) is 0 Å². The molecule has 2 aromatic rings. The number of aliphatic hydroxyl groups excluding tert-OH is 1. The van der Waals surface area contributed by atoms with Crippen LogP contribution in [-0.4, -0.2) is 65.2 Å². The van der Waals surface area contributed by atoms with Gasteiger partial charge in [0.15, 0.2) is 11.5 Å². The van der Waals surface area contributed by atoms with Crippen molar-refractivity contribution >= 4 is 17.7 Å². The van der Waals surface area contributed by atoms with Gasteiger partial charge >= 0.3 is 0 Å². The Morgan fingerprint density at radius 3 is 2.89 bits per heavy atom. The van der Waals surface area contributed by atoms with Crippen LogP contribution in [0.2, 0.25) is 0 Å². The van der Waals surface area contributed by atoms with Crippen molar-refractivity contribution in [3.8, 4) is 17.2 Å². The van der Waals surface area contributed by atoms with E-state index in [1.807, 2.05) is 30.3 Å². The summed E-state index contributed by atoms with van der Waals surface area (Å²) in [7, 11) is 0. The number of piperidine rings is 1. The minimum absolute atomic E-state index is 0.00753. The van der Waals surface area contributed by atoms with Crippen molar-refractivity contribution < 1.29 is 24.1 Å². The second-order valence-corrected chi connectivity index (χ2v) is 7.65. The van der Waals surface area contributed by atoms with Crippen molar-refractivity contribution in [3.63, 3.8) is 0 Å². The minimum atomic E-state index is -0.760. The molecule has 8 heteroatoms. The number of thioether (sulfide) groups is 1. The lowest BCUT2D eigenvalue weighted by molar-refractivity contribution is -0.134. The number of β-amino-alcohol motifs (C(OH)–C–C–N with tert-alkyl or cyclic N) is 1. The quantitative estimate of drug-likeness (QED) is 0.766. The fraction of sp³-hybridized carbons (Fsp3) is 0.400. The van der Waals surface area contributed by atoms with E-state index in [1.54, 1.807) is 17.3 Å². The number of likely N-dealkylation sites (tertiary alicyclic amines) is 1. The Labute approximate surface area is 167 Å². The molecular weight excluding hydrogens is 380 g/mol. The van der Waals surface area contributed by atoms with Gasteiger partial charge in [-0.2, -0.15) is 0 Å². The van der Waals surface area contributed by atoms with Gasteiger partial charge in [0, 0.05) is 30.3 Å². The number of rotatable bonds is 5. The SMILES string of the molecule is O=C(CSc1ccncc1)N1CC[C@@H](Oc2cccc3c2OCCO3)[C@H](O)C1. The van der Waals surface area contributed by atoms with Gasteiger partial charge in [-0.05, 0) is 24.3 Å². The van der Waals surface area contributed by atoms with E-state index >= 15 is 0 Å². The van der Waals surface area contributed by atoms with Gasteiger partial charge in [0.2, 0.25) is 11.7 Å². The van der Waals surface area contributed by atoms with Crippen LogP contribution in [0.5, 0.6) is 17.2 Å². The lowest BCUT2D eigenvalue weighted by Crippen LogP contribution is -2.51.